The van der Waals surface area contributed by atoms with Gasteiger partial charge >= 0.3 is 0 Å². The maximum Gasteiger partial charge on any atom is 0.234 e. The Balaban J connectivity index is 1.46. The van der Waals surface area contributed by atoms with E-state index in [1.165, 1.54) is 0 Å². The van der Waals surface area contributed by atoms with Crippen molar-refractivity contribution in [3.8, 4) is 23.1 Å². The Bertz CT molecular complexity index is 1100. The van der Waals surface area contributed by atoms with E-state index < -0.39 is 0 Å². The first kappa shape index (κ1) is 24.5. The highest BCUT2D eigenvalue weighted by Crippen LogP contribution is 2.32. The van der Waals surface area contributed by atoms with Crippen LogP contribution in [0.25, 0.3) is 0 Å². The average molecular weight is 476 g/mol. The van der Waals surface area contributed by atoms with E-state index in [0.29, 0.717) is 37.9 Å². The van der Waals surface area contributed by atoms with E-state index in [-0.39, 0.29) is 5.91 Å². The van der Waals surface area contributed by atoms with Crippen molar-refractivity contribution >= 4 is 5.91 Å². The number of benzene rings is 2. The van der Waals surface area contributed by atoms with Gasteiger partial charge in [-0.15, -0.1) is 0 Å². The minimum absolute atomic E-state index is 0.0148. The van der Waals surface area contributed by atoms with Crippen LogP contribution in [-0.2, 0) is 17.9 Å². The first-order chi connectivity index (χ1) is 17.2. The highest BCUT2D eigenvalue weighted by atomic mass is 16.5. The Labute approximate surface area is 207 Å². The molecule has 2 aromatic carbocycles. The Morgan fingerprint density at radius 1 is 1.03 bits per heavy atom. The lowest BCUT2D eigenvalue weighted by Crippen LogP contribution is -2.37. The zero-order chi connectivity index (χ0) is 24.3. The summed E-state index contributed by atoms with van der Waals surface area (Å²) in [5, 5.41) is 3.04. The molecule has 35 heavy (non-hydrogen) atoms. The van der Waals surface area contributed by atoms with Crippen LogP contribution >= 0.6 is 0 Å². The number of para-hydroxylation sites is 2. The molecule has 1 aliphatic rings. The number of pyridine rings is 1. The Kier molecular flexibility index (Phi) is 8.95. The fourth-order valence-electron chi connectivity index (χ4n) is 4.06. The predicted octanol–water partition coefficient (Wildman–Crippen LogP) is 4.95. The molecule has 0 atom stereocenters. The number of hydrogen-bond donors (Lipinski definition) is 1. The molecule has 0 saturated heterocycles. The maximum atomic E-state index is 12.8. The molecule has 0 saturated carbocycles. The van der Waals surface area contributed by atoms with E-state index in [1.807, 2.05) is 60.7 Å². The second-order valence-electron chi connectivity index (χ2n) is 8.62. The highest BCUT2D eigenvalue weighted by Gasteiger charge is 2.17. The van der Waals surface area contributed by atoms with E-state index in [2.05, 4.69) is 15.2 Å². The number of amides is 1. The lowest BCUT2D eigenvalue weighted by atomic mass is 10.1. The van der Waals surface area contributed by atoms with Crippen LogP contribution in [0.4, 0.5) is 0 Å². The van der Waals surface area contributed by atoms with E-state index in [4.69, 9.17) is 14.2 Å². The molecule has 3 aromatic rings. The molecule has 1 amide bonds. The normalized spacial score (nSPS) is 14.9. The van der Waals surface area contributed by atoms with Gasteiger partial charge in [-0.25, -0.2) is 4.98 Å². The number of ether oxygens (including phenoxy) is 3. The van der Waals surface area contributed by atoms with E-state index in [9.17, 15) is 4.79 Å². The third-order valence-corrected chi connectivity index (χ3v) is 5.92. The second kappa shape index (κ2) is 12.8. The van der Waals surface area contributed by atoms with Gasteiger partial charge in [-0.2, -0.15) is 0 Å². The Morgan fingerprint density at radius 2 is 1.89 bits per heavy atom. The largest absolute Gasteiger partial charge is 0.497 e. The summed E-state index contributed by atoms with van der Waals surface area (Å²) < 4.78 is 17.4. The summed E-state index contributed by atoms with van der Waals surface area (Å²) in [6.45, 7) is 2.79. The predicted molar refractivity (Wildman–Crippen MR) is 135 cm³/mol. The van der Waals surface area contributed by atoms with E-state index in [0.717, 1.165) is 54.9 Å². The number of rotatable bonds is 5. The fraction of sp³-hybridized carbons (Fsp3) is 0.357. The topological polar surface area (TPSA) is 72.9 Å². The minimum atomic E-state index is -0.0148. The molecule has 0 aliphatic carbocycles. The number of aromatic nitrogens is 1. The van der Waals surface area contributed by atoms with Crippen molar-refractivity contribution in [2.24, 2.45) is 0 Å². The number of carbonyl (C=O) groups is 1. The Hall–Kier alpha value is -3.58. The number of nitrogens with zero attached hydrogens (tertiary/aromatic N) is 2. The smallest absolute Gasteiger partial charge is 0.234 e. The van der Waals surface area contributed by atoms with Crippen molar-refractivity contribution in [2.45, 2.75) is 38.8 Å². The monoisotopic (exact) mass is 475 g/mol. The fourth-order valence-corrected chi connectivity index (χ4v) is 4.06. The van der Waals surface area contributed by atoms with Crippen molar-refractivity contribution in [2.75, 3.05) is 26.8 Å². The van der Waals surface area contributed by atoms with Gasteiger partial charge in [-0.3, -0.25) is 9.69 Å². The molecule has 1 aliphatic heterocycles. The third-order valence-electron chi connectivity index (χ3n) is 5.92. The van der Waals surface area contributed by atoms with Crippen LogP contribution in [0.2, 0.25) is 0 Å². The summed E-state index contributed by atoms with van der Waals surface area (Å²) in [6, 6.07) is 19.3. The summed E-state index contributed by atoms with van der Waals surface area (Å²) >= 11 is 0. The van der Waals surface area contributed by atoms with Gasteiger partial charge in [-0.1, -0.05) is 43.2 Å². The van der Waals surface area contributed by atoms with Gasteiger partial charge in [0.2, 0.25) is 11.8 Å². The number of methoxy groups -OCH3 is 1. The van der Waals surface area contributed by atoms with Gasteiger partial charge in [0, 0.05) is 24.8 Å². The minimum Gasteiger partial charge on any atom is -0.497 e. The molecule has 184 valence electrons. The van der Waals surface area contributed by atoms with Crippen LogP contribution in [0.3, 0.4) is 0 Å². The average Bonchev–Trinajstić information content (AvgIpc) is 2.88. The van der Waals surface area contributed by atoms with Crippen LogP contribution < -0.4 is 19.5 Å². The number of fused-ring (bicyclic) bond motifs is 2. The van der Waals surface area contributed by atoms with Gasteiger partial charge in [-0.05, 0) is 55.3 Å². The molecule has 7 nitrogen and oxygen atoms in total. The van der Waals surface area contributed by atoms with Crippen molar-refractivity contribution in [3.05, 3.63) is 78.0 Å². The van der Waals surface area contributed by atoms with Gasteiger partial charge in [0.05, 0.1) is 20.3 Å². The Morgan fingerprint density at radius 3 is 2.77 bits per heavy atom. The lowest BCUT2D eigenvalue weighted by Gasteiger charge is -2.23. The van der Waals surface area contributed by atoms with Gasteiger partial charge in [0.1, 0.15) is 5.75 Å². The molecular formula is C28H33N3O4. The van der Waals surface area contributed by atoms with Gasteiger partial charge < -0.3 is 19.5 Å². The molecule has 0 fully saturated rings. The van der Waals surface area contributed by atoms with Crippen molar-refractivity contribution in [1.82, 2.24) is 15.2 Å². The summed E-state index contributed by atoms with van der Waals surface area (Å²) in [7, 11) is 1.64. The molecule has 7 heteroatoms. The molecule has 4 rings (SSSR count). The summed E-state index contributed by atoms with van der Waals surface area (Å²) in [5.41, 5.74) is 1.93. The quantitative estimate of drug-likeness (QED) is 0.563. The zero-order valence-electron chi connectivity index (χ0n) is 20.2. The summed E-state index contributed by atoms with van der Waals surface area (Å²) in [4.78, 5) is 19.5. The van der Waals surface area contributed by atoms with Crippen LogP contribution in [0.1, 0.15) is 36.8 Å². The molecular weight excluding hydrogens is 442 g/mol. The molecule has 0 bridgehead atoms. The van der Waals surface area contributed by atoms with Crippen LogP contribution in [-0.4, -0.2) is 42.6 Å². The summed E-state index contributed by atoms with van der Waals surface area (Å²) in [6.07, 6.45) is 5.87. The number of hydrogen-bond acceptors (Lipinski definition) is 6. The first-order valence-corrected chi connectivity index (χ1v) is 12.2. The molecule has 1 aromatic heterocycles. The second-order valence-corrected chi connectivity index (χ2v) is 8.62. The molecule has 0 unspecified atom stereocenters. The van der Waals surface area contributed by atoms with Crippen molar-refractivity contribution in [3.63, 3.8) is 0 Å². The number of carbonyl (C=O) groups excluding carboxylic acids is 1. The SMILES string of the molecule is COc1cccc(CNC(=O)CN2CCCCCCOc3ccccc3Oc3ncccc3C2)c1. The first-order valence-electron chi connectivity index (χ1n) is 12.2. The number of nitrogens with one attached hydrogen (secondary N) is 1. The maximum absolute atomic E-state index is 12.8. The van der Waals surface area contributed by atoms with E-state index in [1.54, 1.807) is 13.3 Å². The van der Waals surface area contributed by atoms with E-state index >= 15 is 0 Å². The van der Waals surface area contributed by atoms with Crippen LogP contribution in [0, 0.1) is 0 Å². The van der Waals surface area contributed by atoms with Crippen LogP contribution in [0.5, 0.6) is 23.1 Å². The van der Waals surface area contributed by atoms with Crippen molar-refractivity contribution < 1.29 is 19.0 Å². The van der Waals surface area contributed by atoms with Gasteiger partial charge in [0.25, 0.3) is 0 Å². The molecule has 1 N–H and O–H groups in total. The van der Waals surface area contributed by atoms with Crippen LogP contribution in [0.15, 0.2) is 66.9 Å². The lowest BCUT2D eigenvalue weighted by molar-refractivity contribution is -0.122. The van der Waals surface area contributed by atoms with Gasteiger partial charge in [0.15, 0.2) is 11.5 Å². The molecule has 0 spiro atoms. The zero-order valence-corrected chi connectivity index (χ0v) is 20.2. The molecule has 0 radical (unpaired) electrons. The third kappa shape index (κ3) is 7.45. The molecule has 2 heterocycles. The van der Waals surface area contributed by atoms with Crippen molar-refractivity contribution in [1.29, 1.82) is 0 Å². The standard InChI is InChI=1S/C28H33N3O4/c1-33-24-12-8-10-22(18-24)19-30-27(32)21-31-16-6-2-3-7-17-34-25-13-4-5-14-26(25)35-28-23(20-31)11-9-15-29-28/h4-5,8-15,18H,2-3,6-7,16-17,19-21H2,1H3,(H,30,32). The summed E-state index contributed by atoms with van der Waals surface area (Å²) in [5.74, 6) is 2.66. The highest BCUT2D eigenvalue weighted by molar-refractivity contribution is 5.78.